The second-order valence-corrected chi connectivity index (χ2v) is 7.11. The molecule has 1 aromatic heterocycles. The first kappa shape index (κ1) is 14.9. The van der Waals surface area contributed by atoms with Crippen LogP contribution >= 0.6 is 34.5 Å². The van der Waals surface area contributed by atoms with Crippen LogP contribution in [0.5, 0.6) is 0 Å². The van der Waals surface area contributed by atoms with E-state index in [9.17, 15) is 4.79 Å². The summed E-state index contributed by atoms with van der Waals surface area (Å²) in [7, 11) is 0. The Balaban J connectivity index is 1.87. The van der Waals surface area contributed by atoms with E-state index in [1.807, 2.05) is 11.4 Å². The average molecular weight is 340 g/mol. The number of carbonyl (C=O) groups excluding carboxylic acids is 1. The molecule has 1 fully saturated rings. The molecule has 21 heavy (non-hydrogen) atoms. The highest BCUT2D eigenvalue weighted by Crippen LogP contribution is 2.44. The third-order valence-electron chi connectivity index (χ3n) is 4.06. The van der Waals surface area contributed by atoms with E-state index >= 15 is 0 Å². The number of hydrogen-bond acceptors (Lipinski definition) is 2. The Morgan fingerprint density at radius 2 is 1.90 bits per heavy atom. The van der Waals surface area contributed by atoms with Crippen LogP contribution in [0.4, 0.5) is 5.69 Å². The highest BCUT2D eigenvalue weighted by Gasteiger charge is 2.43. The van der Waals surface area contributed by atoms with Crippen molar-refractivity contribution in [2.45, 2.75) is 31.1 Å². The van der Waals surface area contributed by atoms with Gasteiger partial charge in [-0.15, -0.1) is 11.3 Å². The third-order valence-corrected chi connectivity index (χ3v) is 5.88. The molecule has 1 heterocycles. The second kappa shape index (κ2) is 5.99. The predicted molar refractivity (Wildman–Crippen MR) is 89.6 cm³/mol. The third kappa shape index (κ3) is 2.83. The van der Waals surface area contributed by atoms with Gasteiger partial charge in [-0.3, -0.25) is 4.79 Å². The molecule has 0 atom stereocenters. The molecule has 0 bridgehead atoms. The minimum absolute atomic E-state index is 0.0563. The Labute approximate surface area is 138 Å². The quantitative estimate of drug-likeness (QED) is 0.785. The van der Waals surface area contributed by atoms with E-state index in [0.717, 1.165) is 30.6 Å². The summed E-state index contributed by atoms with van der Waals surface area (Å²) in [5, 5.41) is 5.97. The van der Waals surface area contributed by atoms with Gasteiger partial charge in [0, 0.05) is 10.6 Å². The van der Waals surface area contributed by atoms with Gasteiger partial charge in [0.2, 0.25) is 5.91 Å². The van der Waals surface area contributed by atoms with E-state index in [1.165, 1.54) is 0 Å². The first-order chi connectivity index (χ1) is 10.1. The van der Waals surface area contributed by atoms with Crippen LogP contribution in [-0.4, -0.2) is 5.91 Å². The number of carbonyl (C=O) groups is 1. The van der Waals surface area contributed by atoms with Gasteiger partial charge in [0.05, 0.1) is 15.5 Å². The Bertz CT molecular complexity index is 648. The van der Waals surface area contributed by atoms with Gasteiger partial charge in [0.25, 0.3) is 0 Å². The number of anilines is 1. The van der Waals surface area contributed by atoms with Crippen LogP contribution in [0.3, 0.4) is 0 Å². The zero-order valence-electron chi connectivity index (χ0n) is 11.4. The molecule has 0 spiro atoms. The van der Waals surface area contributed by atoms with E-state index in [0.29, 0.717) is 15.7 Å². The number of rotatable bonds is 3. The van der Waals surface area contributed by atoms with Gasteiger partial charge in [0.15, 0.2) is 0 Å². The zero-order valence-corrected chi connectivity index (χ0v) is 13.7. The lowest BCUT2D eigenvalue weighted by Gasteiger charge is -2.26. The van der Waals surface area contributed by atoms with E-state index in [4.69, 9.17) is 23.2 Å². The molecule has 1 aromatic carbocycles. The van der Waals surface area contributed by atoms with Gasteiger partial charge in [-0.2, -0.15) is 0 Å². The van der Waals surface area contributed by atoms with Crippen LogP contribution in [0.25, 0.3) is 0 Å². The molecule has 1 N–H and O–H groups in total. The van der Waals surface area contributed by atoms with Gasteiger partial charge in [-0.1, -0.05) is 42.1 Å². The summed E-state index contributed by atoms with van der Waals surface area (Å²) in [5.41, 5.74) is 0.303. The van der Waals surface area contributed by atoms with Crippen molar-refractivity contribution in [3.05, 3.63) is 50.6 Å². The second-order valence-electron chi connectivity index (χ2n) is 5.35. The molecule has 1 amide bonds. The number of benzene rings is 1. The summed E-state index contributed by atoms with van der Waals surface area (Å²) >= 11 is 13.6. The molecular weight excluding hydrogens is 325 g/mol. The maximum absolute atomic E-state index is 12.9. The number of amides is 1. The predicted octanol–water partition coefficient (Wildman–Crippen LogP) is 5.51. The summed E-state index contributed by atoms with van der Waals surface area (Å²) in [6, 6.07) is 9.24. The maximum Gasteiger partial charge on any atom is 0.235 e. The minimum atomic E-state index is -0.389. The van der Waals surface area contributed by atoms with E-state index < -0.39 is 0 Å². The van der Waals surface area contributed by atoms with Crippen LogP contribution in [0.1, 0.15) is 30.6 Å². The smallest absolute Gasteiger partial charge is 0.235 e. The maximum atomic E-state index is 12.9. The summed E-state index contributed by atoms with van der Waals surface area (Å²) in [6.07, 6.45) is 3.99. The molecule has 0 radical (unpaired) electrons. The molecule has 0 unspecified atom stereocenters. The van der Waals surface area contributed by atoms with E-state index in [2.05, 4.69) is 11.4 Å². The summed E-state index contributed by atoms with van der Waals surface area (Å²) < 4.78 is 0. The minimum Gasteiger partial charge on any atom is -0.325 e. The van der Waals surface area contributed by atoms with Crippen molar-refractivity contribution < 1.29 is 4.79 Å². The topological polar surface area (TPSA) is 29.1 Å². The normalized spacial score (nSPS) is 16.9. The van der Waals surface area contributed by atoms with Crippen LogP contribution in [0, 0.1) is 0 Å². The molecule has 2 nitrogen and oxygen atoms in total. The molecule has 0 saturated heterocycles. The Hall–Kier alpha value is -1.03. The highest BCUT2D eigenvalue weighted by molar-refractivity contribution is 7.10. The SMILES string of the molecule is O=C(Nc1ccc(Cl)c(Cl)c1)C1(c2cccs2)CCCC1. The molecular formula is C16H15Cl2NOS. The number of thiophene rings is 1. The van der Waals surface area contributed by atoms with Crippen molar-refractivity contribution in [2.24, 2.45) is 0 Å². The zero-order chi connectivity index (χ0) is 14.9. The molecule has 5 heteroatoms. The lowest BCUT2D eigenvalue weighted by molar-refractivity contribution is -0.121. The van der Waals surface area contributed by atoms with E-state index in [-0.39, 0.29) is 11.3 Å². The van der Waals surface area contributed by atoms with Crippen LogP contribution in [-0.2, 0) is 10.2 Å². The van der Waals surface area contributed by atoms with Gasteiger partial charge in [-0.25, -0.2) is 0 Å². The Kier molecular flexibility index (Phi) is 4.25. The Morgan fingerprint density at radius 1 is 1.14 bits per heavy atom. The number of nitrogens with one attached hydrogen (secondary N) is 1. The standard InChI is InChI=1S/C16H15Cl2NOS/c17-12-6-5-11(10-13(12)18)19-15(20)16(7-1-2-8-16)14-4-3-9-21-14/h3-6,9-10H,1-2,7-8H2,(H,19,20). The molecule has 3 rings (SSSR count). The van der Waals surface area contributed by atoms with Crippen molar-refractivity contribution in [2.75, 3.05) is 5.32 Å². The van der Waals surface area contributed by atoms with Gasteiger partial charge in [0.1, 0.15) is 0 Å². The van der Waals surface area contributed by atoms with Crippen molar-refractivity contribution >= 4 is 46.1 Å². The lowest BCUT2D eigenvalue weighted by Crippen LogP contribution is -2.37. The van der Waals surface area contributed by atoms with Crippen LogP contribution < -0.4 is 5.32 Å². The first-order valence-electron chi connectivity index (χ1n) is 6.92. The molecule has 110 valence electrons. The number of hydrogen-bond donors (Lipinski definition) is 1. The largest absolute Gasteiger partial charge is 0.325 e. The fourth-order valence-electron chi connectivity index (χ4n) is 2.94. The summed E-state index contributed by atoms with van der Waals surface area (Å²) in [6.45, 7) is 0. The summed E-state index contributed by atoms with van der Waals surface area (Å²) in [5.74, 6) is 0.0563. The van der Waals surface area contributed by atoms with E-state index in [1.54, 1.807) is 29.5 Å². The molecule has 1 aliphatic carbocycles. The van der Waals surface area contributed by atoms with Crippen LogP contribution in [0.15, 0.2) is 35.7 Å². The lowest BCUT2D eigenvalue weighted by atomic mass is 9.83. The Morgan fingerprint density at radius 3 is 2.52 bits per heavy atom. The average Bonchev–Trinajstić information content (AvgIpc) is 3.13. The molecule has 2 aromatic rings. The van der Waals surface area contributed by atoms with Crippen molar-refractivity contribution in [3.8, 4) is 0 Å². The molecule has 0 aliphatic heterocycles. The van der Waals surface area contributed by atoms with Crippen molar-refractivity contribution in [1.29, 1.82) is 0 Å². The van der Waals surface area contributed by atoms with Crippen LogP contribution in [0.2, 0.25) is 10.0 Å². The van der Waals surface area contributed by atoms with Gasteiger partial charge in [-0.05, 0) is 42.5 Å². The fourth-order valence-corrected chi connectivity index (χ4v) is 4.22. The van der Waals surface area contributed by atoms with Crippen molar-refractivity contribution in [3.63, 3.8) is 0 Å². The summed E-state index contributed by atoms with van der Waals surface area (Å²) in [4.78, 5) is 14.0. The highest BCUT2D eigenvalue weighted by atomic mass is 35.5. The molecule has 1 saturated carbocycles. The van der Waals surface area contributed by atoms with Crippen molar-refractivity contribution in [1.82, 2.24) is 0 Å². The van der Waals surface area contributed by atoms with Gasteiger partial charge < -0.3 is 5.32 Å². The fraction of sp³-hybridized carbons (Fsp3) is 0.312. The number of halogens is 2. The van der Waals surface area contributed by atoms with Gasteiger partial charge >= 0.3 is 0 Å². The monoisotopic (exact) mass is 339 g/mol. The molecule has 1 aliphatic rings. The first-order valence-corrected chi connectivity index (χ1v) is 8.56.